The molecule has 0 amide bonds. The fourth-order valence-corrected chi connectivity index (χ4v) is 4.60. The SMILES string of the molecule is COc1nc2c(c(N3CCNCC3)n1)CN(C1CCc3ccccc31)C2. The Hall–Kier alpha value is -2.18. The molecule has 2 aliphatic heterocycles. The van der Waals surface area contributed by atoms with Gasteiger partial charge in [-0.15, -0.1) is 0 Å². The molecule has 6 nitrogen and oxygen atoms in total. The van der Waals surface area contributed by atoms with Gasteiger partial charge in [0, 0.05) is 50.9 Å². The maximum absolute atomic E-state index is 5.40. The molecule has 1 aromatic heterocycles. The number of hydrogen-bond acceptors (Lipinski definition) is 6. The van der Waals surface area contributed by atoms with Crippen LogP contribution < -0.4 is 15.0 Å². The first-order valence-corrected chi connectivity index (χ1v) is 9.55. The van der Waals surface area contributed by atoms with Crippen LogP contribution in [0.5, 0.6) is 6.01 Å². The molecule has 136 valence electrons. The van der Waals surface area contributed by atoms with Crippen LogP contribution in [0, 0.1) is 0 Å². The van der Waals surface area contributed by atoms with Crippen LogP contribution in [-0.4, -0.2) is 48.2 Å². The van der Waals surface area contributed by atoms with Crippen LogP contribution in [0.15, 0.2) is 24.3 Å². The van der Waals surface area contributed by atoms with E-state index in [0.29, 0.717) is 12.1 Å². The quantitative estimate of drug-likeness (QED) is 0.912. The smallest absolute Gasteiger partial charge is 0.318 e. The Labute approximate surface area is 154 Å². The van der Waals surface area contributed by atoms with Crippen molar-refractivity contribution in [1.82, 2.24) is 20.2 Å². The minimum Gasteiger partial charge on any atom is -0.467 e. The summed E-state index contributed by atoms with van der Waals surface area (Å²) in [5.41, 5.74) is 5.41. The Morgan fingerprint density at radius 2 is 1.96 bits per heavy atom. The second kappa shape index (κ2) is 6.52. The zero-order valence-corrected chi connectivity index (χ0v) is 15.2. The molecule has 1 fully saturated rings. The predicted molar refractivity (Wildman–Crippen MR) is 100 cm³/mol. The van der Waals surface area contributed by atoms with Gasteiger partial charge >= 0.3 is 6.01 Å². The van der Waals surface area contributed by atoms with Gasteiger partial charge in [0.1, 0.15) is 5.82 Å². The van der Waals surface area contributed by atoms with Crippen LogP contribution in [0.4, 0.5) is 5.82 Å². The molecule has 1 unspecified atom stereocenters. The monoisotopic (exact) mass is 351 g/mol. The first-order chi connectivity index (χ1) is 12.8. The first kappa shape index (κ1) is 16.0. The molecule has 1 aliphatic carbocycles. The van der Waals surface area contributed by atoms with E-state index in [9.17, 15) is 0 Å². The summed E-state index contributed by atoms with van der Waals surface area (Å²) in [5.74, 6) is 1.07. The van der Waals surface area contributed by atoms with Crippen LogP contribution in [-0.2, 0) is 19.5 Å². The van der Waals surface area contributed by atoms with Crippen LogP contribution in [0.3, 0.4) is 0 Å². The highest BCUT2D eigenvalue weighted by atomic mass is 16.5. The molecule has 1 aromatic carbocycles. The lowest BCUT2D eigenvalue weighted by atomic mass is 10.1. The number of methoxy groups -OCH3 is 1. The molecule has 0 radical (unpaired) electrons. The van der Waals surface area contributed by atoms with E-state index in [2.05, 4.69) is 44.4 Å². The topological polar surface area (TPSA) is 53.5 Å². The van der Waals surface area contributed by atoms with Crippen molar-refractivity contribution in [2.24, 2.45) is 0 Å². The molecule has 1 atom stereocenters. The van der Waals surface area contributed by atoms with Crippen LogP contribution in [0.1, 0.15) is 34.8 Å². The lowest BCUT2D eigenvalue weighted by molar-refractivity contribution is 0.198. The van der Waals surface area contributed by atoms with Gasteiger partial charge in [-0.3, -0.25) is 4.90 Å². The number of nitrogens with one attached hydrogen (secondary N) is 1. The number of fused-ring (bicyclic) bond motifs is 2. The van der Waals surface area contributed by atoms with Crippen molar-refractivity contribution in [3.05, 3.63) is 46.6 Å². The van der Waals surface area contributed by atoms with Gasteiger partial charge in [0.05, 0.1) is 12.8 Å². The molecule has 3 aliphatic rings. The van der Waals surface area contributed by atoms with Crippen molar-refractivity contribution < 1.29 is 4.74 Å². The number of benzene rings is 1. The van der Waals surface area contributed by atoms with Gasteiger partial charge < -0.3 is 15.0 Å². The van der Waals surface area contributed by atoms with E-state index in [-0.39, 0.29) is 0 Å². The molecular formula is C20H25N5O. The molecule has 2 aromatic rings. The van der Waals surface area contributed by atoms with E-state index in [1.54, 1.807) is 7.11 Å². The minimum absolute atomic E-state index is 0.488. The number of anilines is 1. The van der Waals surface area contributed by atoms with Crippen LogP contribution in [0.2, 0.25) is 0 Å². The highest BCUT2D eigenvalue weighted by Gasteiger charge is 2.35. The highest BCUT2D eigenvalue weighted by Crippen LogP contribution is 2.41. The maximum Gasteiger partial charge on any atom is 0.318 e. The molecule has 5 rings (SSSR count). The Balaban J connectivity index is 1.47. The largest absolute Gasteiger partial charge is 0.467 e. The summed E-state index contributed by atoms with van der Waals surface area (Å²) in [7, 11) is 1.66. The standard InChI is InChI=1S/C20H25N5O/c1-26-20-22-17-13-25(18-7-6-14-4-2-3-5-15(14)18)12-16(17)19(23-20)24-10-8-21-9-11-24/h2-5,18,21H,6-13H2,1H3. The normalized spacial score (nSPS) is 22.3. The van der Waals surface area contributed by atoms with Gasteiger partial charge in [-0.05, 0) is 24.0 Å². The zero-order chi connectivity index (χ0) is 17.5. The van der Waals surface area contributed by atoms with Gasteiger partial charge in [0.15, 0.2) is 0 Å². The molecule has 0 bridgehead atoms. The second-order valence-electron chi connectivity index (χ2n) is 7.35. The average Bonchev–Trinajstić information content (AvgIpc) is 3.31. The molecule has 6 heteroatoms. The van der Waals surface area contributed by atoms with Gasteiger partial charge in [-0.25, -0.2) is 0 Å². The summed E-state index contributed by atoms with van der Waals surface area (Å²) in [6.07, 6.45) is 2.37. The van der Waals surface area contributed by atoms with Gasteiger partial charge in [-0.1, -0.05) is 24.3 Å². The summed E-state index contributed by atoms with van der Waals surface area (Å²) in [6, 6.07) is 9.86. The van der Waals surface area contributed by atoms with E-state index in [1.165, 1.54) is 29.5 Å². The summed E-state index contributed by atoms with van der Waals surface area (Å²) >= 11 is 0. The second-order valence-corrected chi connectivity index (χ2v) is 7.35. The summed E-state index contributed by atoms with van der Waals surface area (Å²) < 4.78 is 5.40. The number of ether oxygens (including phenoxy) is 1. The third kappa shape index (κ3) is 2.64. The number of aromatic nitrogens is 2. The van der Waals surface area contributed by atoms with E-state index < -0.39 is 0 Å². The summed E-state index contributed by atoms with van der Waals surface area (Å²) in [6.45, 7) is 5.78. The van der Waals surface area contributed by atoms with Crippen molar-refractivity contribution in [3.63, 3.8) is 0 Å². The third-order valence-corrected chi connectivity index (χ3v) is 5.91. The van der Waals surface area contributed by atoms with Crippen molar-refractivity contribution >= 4 is 5.82 Å². The van der Waals surface area contributed by atoms with Gasteiger partial charge in [0.2, 0.25) is 0 Å². The molecule has 1 saturated heterocycles. The van der Waals surface area contributed by atoms with Crippen molar-refractivity contribution in [2.45, 2.75) is 32.0 Å². The van der Waals surface area contributed by atoms with Crippen LogP contribution >= 0.6 is 0 Å². The lowest BCUT2D eigenvalue weighted by Crippen LogP contribution is -2.44. The number of aryl methyl sites for hydroxylation is 1. The summed E-state index contributed by atoms with van der Waals surface area (Å²) in [4.78, 5) is 14.4. The Morgan fingerprint density at radius 1 is 1.12 bits per heavy atom. The first-order valence-electron chi connectivity index (χ1n) is 9.55. The minimum atomic E-state index is 0.488. The average molecular weight is 351 g/mol. The molecule has 1 N–H and O–H groups in total. The molecule has 26 heavy (non-hydrogen) atoms. The van der Waals surface area contributed by atoms with Crippen molar-refractivity contribution in [2.75, 3.05) is 38.2 Å². The highest BCUT2D eigenvalue weighted by molar-refractivity contribution is 5.52. The fourth-order valence-electron chi connectivity index (χ4n) is 4.60. The van der Waals surface area contributed by atoms with Crippen LogP contribution in [0.25, 0.3) is 0 Å². The molecule has 0 spiro atoms. The van der Waals surface area contributed by atoms with E-state index in [0.717, 1.165) is 50.8 Å². The summed E-state index contributed by atoms with van der Waals surface area (Å²) in [5, 5.41) is 3.42. The van der Waals surface area contributed by atoms with Crippen molar-refractivity contribution in [1.29, 1.82) is 0 Å². The molecule has 3 heterocycles. The van der Waals surface area contributed by atoms with E-state index in [1.807, 2.05) is 0 Å². The van der Waals surface area contributed by atoms with Gasteiger partial charge in [0.25, 0.3) is 0 Å². The number of piperazine rings is 1. The number of rotatable bonds is 3. The third-order valence-electron chi connectivity index (χ3n) is 5.91. The maximum atomic E-state index is 5.40. The van der Waals surface area contributed by atoms with Gasteiger partial charge in [-0.2, -0.15) is 9.97 Å². The molecular weight excluding hydrogens is 326 g/mol. The van der Waals surface area contributed by atoms with Crippen molar-refractivity contribution in [3.8, 4) is 6.01 Å². The van der Waals surface area contributed by atoms with E-state index in [4.69, 9.17) is 9.72 Å². The Morgan fingerprint density at radius 3 is 2.81 bits per heavy atom. The van der Waals surface area contributed by atoms with E-state index >= 15 is 0 Å². The zero-order valence-electron chi connectivity index (χ0n) is 15.2. The lowest BCUT2D eigenvalue weighted by Gasteiger charge is -2.30. The predicted octanol–water partition coefficient (Wildman–Crippen LogP) is 1.90. The number of hydrogen-bond donors (Lipinski definition) is 1. The molecule has 0 saturated carbocycles. The Bertz CT molecular complexity index is 818. The Kier molecular flexibility index (Phi) is 4.02. The fraction of sp³-hybridized carbons (Fsp3) is 0.500. The number of nitrogens with zero attached hydrogens (tertiary/aromatic N) is 4.